The second-order valence-electron chi connectivity index (χ2n) is 2.16. The number of carboxylic acid groups (broad SMARTS) is 1. The second-order valence-corrected chi connectivity index (χ2v) is 2.16. The van der Waals surface area contributed by atoms with E-state index in [2.05, 4.69) is 9.97 Å². The van der Waals surface area contributed by atoms with Crippen molar-refractivity contribution in [3.8, 4) is 0 Å². The summed E-state index contributed by atoms with van der Waals surface area (Å²) in [5, 5.41) is 8.66. The molecule has 12 heavy (non-hydrogen) atoms. The van der Waals surface area contributed by atoms with Crippen LogP contribution in [0.5, 0.6) is 0 Å². The smallest absolute Gasteiger partial charge is 0.356 e. The molecule has 60 valence electrons. The van der Waals surface area contributed by atoms with Crippen molar-refractivity contribution in [1.82, 2.24) is 9.97 Å². The van der Waals surface area contributed by atoms with E-state index in [0.717, 1.165) is 0 Å². The fourth-order valence-corrected chi connectivity index (χ4v) is 0.948. The Hall–Kier alpha value is -1.91. The zero-order valence-electron chi connectivity index (χ0n) is 5.89. The normalized spacial score (nSPS) is 10.3. The van der Waals surface area contributed by atoms with E-state index in [-0.39, 0.29) is 11.2 Å². The van der Waals surface area contributed by atoms with E-state index in [1.165, 1.54) is 12.6 Å². The molecule has 0 aliphatic carbocycles. The Bertz CT molecular complexity index is 435. The highest BCUT2D eigenvalue weighted by atomic mass is 16.4. The van der Waals surface area contributed by atoms with Crippen LogP contribution in [0.2, 0.25) is 0 Å². The van der Waals surface area contributed by atoms with Gasteiger partial charge in [0.25, 0.3) is 0 Å². The van der Waals surface area contributed by atoms with Crippen LogP contribution in [0.3, 0.4) is 0 Å². The third-order valence-corrected chi connectivity index (χ3v) is 1.45. The number of nitrogens with zero attached hydrogens (tertiary/aromatic N) is 2. The van der Waals surface area contributed by atoms with Crippen LogP contribution in [0.1, 0.15) is 10.5 Å². The lowest BCUT2D eigenvalue weighted by Gasteiger charge is -1.91. The summed E-state index contributed by atoms with van der Waals surface area (Å²) < 4.78 is 4.89. The first-order valence-electron chi connectivity index (χ1n) is 3.20. The van der Waals surface area contributed by atoms with Crippen LogP contribution in [0.15, 0.2) is 23.1 Å². The van der Waals surface area contributed by atoms with Crippen molar-refractivity contribution in [2.75, 3.05) is 0 Å². The van der Waals surface area contributed by atoms with Gasteiger partial charge in [-0.05, 0) is 0 Å². The van der Waals surface area contributed by atoms with Crippen molar-refractivity contribution < 1.29 is 14.3 Å². The minimum atomic E-state index is -1.10. The first-order valence-corrected chi connectivity index (χ1v) is 3.20. The average Bonchev–Trinajstić information content (AvgIpc) is 2.49. The highest BCUT2D eigenvalue weighted by Crippen LogP contribution is 2.13. The van der Waals surface area contributed by atoms with E-state index in [0.29, 0.717) is 5.58 Å². The molecule has 5 nitrogen and oxygen atoms in total. The molecule has 0 radical (unpaired) electrons. The summed E-state index contributed by atoms with van der Waals surface area (Å²) in [6, 6.07) is 1.56. The van der Waals surface area contributed by atoms with E-state index in [4.69, 9.17) is 9.52 Å². The summed E-state index contributed by atoms with van der Waals surface area (Å²) >= 11 is 0. The topological polar surface area (TPSA) is 76.2 Å². The molecule has 0 saturated heterocycles. The van der Waals surface area contributed by atoms with Crippen molar-refractivity contribution in [2.24, 2.45) is 0 Å². The van der Waals surface area contributed by atoms with E-state index in [1.54, 1.807) is 6.07 Å². The van der Waals surface area contributed by atoms with Crippen LogP contribution in [-0.2, 0) is 0 Å². The number of carboxylic acids is 1. The predicted octanol–water partition coefficient (Wildman–Crippen LogP) is 0.921. The maximum absolute atomic E-state index is 10.6. The fourth-order valence-electron chi connectivity index (χ4n) is 0.948. The standard InChI is InChI=1S/C7H4N2O3/c10-7(11)6-5-4(1-2-8-6)12-3-9-5/h1-3H,(H,10,11). The van der Waals surface area contributed by atoms with Gasteiger partial charge in [0, 0.05) is 12.3 Å². The lowest BCUT2D eigenvalue weighted by atomic mass is 10.3. The van der Waals surface area contributed by atoms with Crippen LogP contribution in [0.4, 0.5) is 0 Å². The van der Waals surface area contributed by atoms with Gasteiger partial charge < -0.3 is 9.52 Å². The lowest BCUT2D eigenvalue weighted by molar-refractivity contribution is 0.0692. The van der Waals surface area contributed by atoms with Gasteiger partial charge in [0.1, 0.15) is 5.52 Å². The Morgan fingerprint density at radius 2 is 2.33 bits per heavy atom. The molecular formula is C7H4N2O3. The Kier molecular flexibility index (Phi) is 1.30. The van der Waals surface area contributed by atoms with Crippen molar-refractivity contribution in [3.63, 3.8) is 0 Å². The lowest BCUT2D eigenvalue weighted by Crippen LogP contribution is -2.00. The van der Waals surface area contributed by atoms with Crippen LogP contribution in [0, 0.1) is 0 Å². The average molecular weight is 164 g/mol. The van der Waals surface area contributed by atoms with Crippen LogP contribution < -0.4 is 0 Å². The largest absolute Gasteiger partial charge is 0.476 e. The molecule has 2 rings (SSSR count). The van der Waals surface area contributed by atoms with Crippen LogP contribution in [-0.4, -0.2) is 21.0 Å². The first kappa shape index (κ1) is 6.78. The number of rotatable bonds is 1. The third-order valence-electron chi connectivity index (χ3n) is 1.45. The first-order chi connectivity index (χ1) is 5.79. The molecule has 0 saturated carbocycles. The molecule has 2 aromatic heterocycles. The number of aromatic carboxylic acids is 1. The van der Waals surface area contributed by atoms with E-state index < -0.39 is 5.97 Å². The Morgan fingerprint density at radius 3 is 3.08 bits per heavy atom. The molecule has 2 aromatic rings. The van der Waals surface area contributed by atoms with Crippen LogP contribution in [0.25, 0.3) is 11.1 Å². The van der Waals surface area contributed by atoms with E-state index >= 15 is 0 Å². The molecule has 5 heteroatoms. The molecule has 1 N–H and O–H groups in total. The second kappa shape index (κ2) is 2.30. The molecule has 2 heterocycles. The van der Waals surface area contributed by atoms with Gasteiger partial charge in [0.05, 0.1) is 0 Å². The van der Waals surface area contributed by atoms with Gasteiger partial charge >= 0.3 is 5.97 Å². The molecule has 0 atom stereocenters. The van der Waals surface area contributed by atoms with Gasteiger partial charge in [0.2, 0.25) is 0 Å². The Labute approximate surface area is 66.7 Å². The summed E-state index contributed by atoms with van der Waals surface area (Å²) in [4.78, 5) is 18.0. The molecule has 0 bridgehead atoms. The van der Waals surface area contributed by atoms with Crippen molar-refractivity contribution in [1.29, 1.82) is 0 Å². The quantitative estimate of drug-likeness (QED) is 0.678. The minimum Gasteiger partial charge on any atom is -0.476 e. The van der Waals surface area contributed by atoms with Gasteiger partial charge in [0.15, 0.2) is 17.7 Å². The molecule has 0 aliphatic heterocycles. The zero-order valence-corrected chi connectivity index (χ0v) is 5.89. The van der Waals surface area contributed by atoms with Gasteiger partial charge in [-0.2, -0.15) is 0 Å². The molecule has 0 unspecified atom stereocenters. The number of carbonyl (C=O) groups is 1. The van der Waals surface area contributed by atoms with Crippen LogP contribution >= 0.6 is 0 Å². The third kappa shape index (κ3) is 0.833. The Balaban J connectivity index is 2.82. The van der Waals surface area contributed by atoms with Gasteiger partial charge in [-0.25, -0.2) is 14.8 Å². The molecule has 0 spiro atoms. The number of oxazole rings is 1. The number of aromatic nitrogens is 2. The summed E-state index contributed by atoms with van der Waals surface area (Å²) in [6.45, 7) is 0. The summed E-state index contributed by atoms with van der Waals surface area (Å²) in [6.07, 6.45) is 2.57. The molecule has 0 amide bonds. The minimum absolute atomic E-state index is 0.0822. The molecule has 0 fully saturated rings. The maximum atomic E-state index is 10.6. The zero-order chi connectivity index (χ0) is 8.55. The highest BCUT2D eigenvalue weighted by Gasteiger charge is 2.12. The monoisotopic (exact) mass is 164 g/mol. The van der Waals surface area contributed by atoms with Gasteiger partial charge in [-0.15, -0.1) is 0 Å². The van der Waals surface area contributed by atoms with Crippen molar-refractivity contribution in [3.05, 3.63) is 24.4 Å². The summed E-state index contributed by atoms with van der Waals surface area (Å²) in [5.41, 5.74) is 0.633. The number of fused-ring (bicyclic) bond motifs is 1. The summed E-state index contributed by atoms with van der Waals surface area (Å²) in [7, 11) is 0. The molecular weight excluding hydrogens is 160 g/mol. The molecule has 0 aliphatic rings. The highest BCUT2D eigenvalue weighted by molar-refractivity contribution is 5.97. The SMILES string of the molecule is O=C(O)c1nccc2ocnc12. The number of hydrogen-bond acceptors (Lipinski definition) is 4. The summed E-state index contributed by atoms with van der Waals surface area (Å²) in [5.74, 6) is -1.10. The predicted molar refractivity (Wildman–Crippen MR) is 38.8 cm³/mol. The van der Waals surface area contributed by atoms with Gasteiger partial charge in [-0.3, -0.25) is 0 Å². The number of pyridine rings is 1. The van der Waals surface area contributed by atoms with Crippen molar-refractivity contribution >= 4 is 17.1 Å². The van der Waals surface area contributed by atoms with E-state index in [9.17, 15) is 4.79 Å². The fraction of sp³-hybridized carbons (Fsp3) is 0. The number of hydrogen-bond donors (Lipinski definition) is 1. The Morgan fingerprint density at radius 1 is 1.50 bits per heavy atom. The van der Waals surface area contributed by atoms with Gasteiger partial charge in [-0.1, -0.05) is 0 Å². The van der Waals surface area contributed by atoms with Crippen molar-refractivity contribution in [2.45, 2.75) is 0 Å². The maximum Gasteiger partial charge on any atom is 0.356 e. The van der Waals surface area contributed by atoms with E-state index in [1.807, 2.05) is 0 Å². The molecule has 0 aromatic carbocycles.